The minimum absolute atomic E-state index is 0.0880. The van der Waals surface area contributed by atoms with Gasteiger partial charge in [0.2, 0.25) is 5.79 Å². The zero-order chi connectivity index (χ0) is 10.2. The first-order valence-corrected chi connectivity index (χ1v) is 4.71. The third-order valence-electron chi connectivity index (χ3n) is 2.93. The van der Waals surface area contributed by atoms with Crippen LogP contribution in [-0.4, -0.2) is 32.4 Å². The van der Waals surface area contributed by atoms with E-state index in [9.17, 15) is 4.79 Å². The molecule has 1 heterocycles. The van der Waals surface area contributed by atoms with Crippen molar-refractivity contribution >= 4 is 5.78 Å². The fraction of sp³-hybridized carbons (Fsp3) is 0.700. The maximum absolute atomic E-state index is 11.4. The number of fused-ring (bicyclic) bond motifs is 1. The van der Waals surface area contributed by atoms with Crippen molar-refractivity contribution in [2.75, 3.05) is 20.8 Å². The number of allylic oxidation sites excluding steroid dienone is 1. The average Bonchev–Trinajstić information content (AvgIpc) is 2.60. The Kier molecular flexibility index (Phi) is 2.33. The van der Waals surface area contributed by atoms with E-state index in [2.05, 4.69) is 0 Å². The van der Waals surface area contributed by atoms with Crippen molar-refractivity contribution in [2.24, 2.45) is 5.92 Å². The Morgan fingerprint density at radius 2 is 2.36 bits per heavy atom. The summed E-state index contributed by atoms with van der Waals surface area (Å²) in [5.41, 5.74) is 0. The van der Waals surface area contributed by atoms with Gasteiger partial charge in [0.15, 0.2) is 11.5 Å². The number of ether oxygens (including phenoxy) is 3. The molecule has 2 atom stereocenters. The largest absolute Gasteiger partial charge is 0.495 e. The van der Waals surface area contributed by atoms with Gasteiger partial charge in [-0.15, -0.1) is 0 Å². The van der Waals surface area contributed by atoms with E-state index in [0.717, 1.165) is 6.42 Å². The van der Waals surface area contributed by atoms with Crippen LogP contribution in [0.15, 0.2) is 11.8 Å². The number of rotatable bonds is 2. The van der Waals surface area contributed by atoms with Gasteiger partial charge in [0.1, 0.15) is 0 Å². The Bertz CT molecular complexity index is 284. The standard InChI is InChI=1S/C10H14O4/c1-12-9-6-8(11)5-7-3-4-14-10(7,9)13-2/h6-7H,3-5H2,1-2H3. The van der Waals surface area contributed by atoms with Gasteiger partial charge in [-0.3, -0.25) is 4.79 Å². The monoisotopic (exact) mass is 198 g/mol. The van der Waals surface area contributed by atoms with Crippen molar-refractivity contribution in [3.63, 3.8) is 0 Å². The van der Waals surface area contributed by atoms with Crippen molar-refractivity contribution in [3.05, 3.63) is 11.8 Å². The topological polar surface area (TPSA) is 44.8 Å². The van der Waals surface area contributed by atoms with E-state index >= 15 is 0 Å². The van der Waals surface area contributed by atoms with Crippen LogP contribution in [0.1, 0.15) is 12.8 Å². The Morgan fingerprint density at radius 1 is 1.57 bits per heavy atom. The molecule has 4 nitrogen and oxygen atoms in total. The molecule has 0 aromatic rings. The summed E-state index contributed by atoms with van der Waals surface area (Å²) in [6.45, 7) is 0.618. The van der Waals surface area contributed by atoms with Gasteiger partial charge in [-0.1, -0.05) is 0 Å². The van der Waals surface area contributed by atoms with E-state index in [1.807, 2.05) is 0 Å². The van der Waals surface area contributed by atoms with E-state index in [-0.39, 0.29) is 11.7 Å². The molecule has 1 fully saturated rings. The lowest BCUT2D eigenvalue weighted by molar-refractivity contribution is -0.212. The highest BCUT2D eigenvalue weighted by Crippen LogP contribution is 2.43. The molecule has 2 rings (SSSR count). The molecule has 2 unspecified atom stereocenters. The highest BCUT2D eigenvalue weighted by Gasteiger charge is 2.52. The van der Waals surface area contributed by atoms with Crippen molar-refractivity contribution < 1.29 is 19.0 Å². The van der Waals surface area contributed by atoms with Gasteiger partial charge in [0.05, 0.1) is 13.7 Å². The summed E-state index contributed by atoms with van der Waals surface area (Å²) in [7, 11) is 3.12. The molecule has 78 valence electrons. The smallest absolute Gasteiger partial charge is 0.231 e. The fourth-order valence-corrected chi connectivity index (χ4v) is 2.25. The molecule has 0 bridgehead atoms. The lowest BCUT2D eigenvalue weighted by Crippen LogP contribution is -2.44. The second-order valence-electron chi connectivity index (χ2n) is 3.59. The van der Waals surface area contributed by atoms with Gasteiger partial charge >= 0.3 is 0 Å². The van der Waals surface area contributed by atoms with Gasteiger partial charge in [-0.2, -0.15) is 0 Å². The summed E-state index contributed by atoms with van der Waals surface area (Å²) in [4.78, 5) is 11.4. The molecule has 4 heteroatoms. The second kappa shape index (κ2) is 3.37. The molecular weight excluding hydrogens is 184 g/mol. The van der Waals surface area contributed by atoms with Crippen LogP contribution in [-0.2, 0) is 19.0 Å². The van der Waals surface area contributed by atoms with Crippen molar-refractivity contribution in [3.8, 4) is 0 Å². The normalized spacial score (nSPS) is 36.6. The number of ketones is 1. The second-order valence-corrected chi connectivity index (χ2v) is 3.59. The predicted molar refractivity (Wildman–Crippen MR) is 48.5 cm³/mol. The first kappa shape index (κ1) is 9.68. The third-order valence-corrected chi connectivity index (χ3v) is 2.93. The molecule has 0 aromatic heterocycles. The first-order valence-electron chi connectivity index (χ1n) is 4.71. The summed E-state index contributed by atoms with van der Waals surface area (Å²) < 4.78 is 16.1. The van der Waals surface area contributed by atoms with Gasteiger partial charge in [-0.05, 0) is 6.42 Å². The van der Waals surface area contributed by atoms with E-state index < -0.39 is 5.79 Å². The molecule has 2 aliphatic rings. The number of carbonyl (C=O) groups excluding carboxylic acids is 1. The van der Waals surface area contributed by atoms with Gasteiger partial charge < -0.3 is 14.2 Å². The summed E-state index contributed by atoms with van der Waals surface area (Å²) >= 11 is 0. The number of methoxy groups -OCH3 is 2. The molecule has 1 aliphatic carbocycles. The van der Waals surface area contributed by atoms with Crippen LogP contribution in [0.4, 0.5) is 0 Å². The summed E-state index contributed by atoms with van der Waals surface area (Å²) in [6.07, 6.45) is 2.81. The SMILES string of the molecule is COC1=CC(=O)CC2CCOC12OC. The van der Waals surface area contributed by atoms with Crippen LogP contribution in [0.5, 0.6) is 0 Å². The van der Waals surface area contributed by atoms with Crippen LogP contribution < -0.4 is 0 Å². The molecule has 1 saturated heterocycles. The van der Waals surface area contributed by atoms with Crippen molar-refractivity contribution in [1.82, 2.24) is 0 Å². The Balaban J connectivity index is 2.39. The van der Waals surface area contributed by atoms with E-state index in [0.29, 0.717) is 18.8 Å². The molecule has 14 heavy (non-hydrogen) atoms. The highest BCUT2D eigenvalue weighted by atomic mass is 16.7. The Morgan fingerprint density at radius 3 is 3.00 bits per heavy atom. The summed E-state index contributed by atoms with van der Waals surface area (Å²) in [5.74, 6) is -0.119. The van der Waals surface area contributed by atoms with Gasteiger partial charge in [-0.25, -0.2) is 0 Å². The predicted octanol–water partition coefficient (Wildman–Crippen LogP) is 0.869. The zero-order valence-corrected chi connectivity index (χ0v) is 8.41. The van der Waals surface area contributed by atoms with Crippen LogP contribution in [0.2, 0.25) is 0 Å². The van der Waals surface area contributed by atoms with Crippen LogP contribution >= 0.6 is 0 Å². The van der Waals surface area contributed by atoms with Crippen LogP contribution in [0.25, 0.3) is 0 Å². The molecule has 0 aromatic carbocycles. The zero-order valence-electron chi connectivity index (χ0n) is 8.41. The molecular formula is C10H14O4. The van der Waals surface area contributed by atoms with E-state index in [1.165, 1.54) is 13.2 Å². The maximum atomic E-state index is 11.4. The minimum Gasteiger partial charge on any atom is -0.495 e. The van der Waals surface area contributed by atoms with Gasteiger partial charge in [0, 0.05) is 25.5 Å². The number of hydrogen-bond acceptors (Lipinski definition) is 4. The van der Waals surface area contributed by atoms with E-state index in [1.54, 1.807) is 7.11 Å². The fourth-order valence-electron chi connectivity index (χ4n) is 2.25. The molecule has 0 radical (unpaired) electrons. The lowest BCUT2D eigenvalue weighted by Gasteiger charge is -2.35. The summed E-state index contributed by atoms with van der Waals surface area (Å²) in [5, 5.41) is 0. The molecule has 1 aliphatic heterocycles. The minimum atomic E-state index is -0.803. The van der Waals surface area contributed by atoms with E-state index in [4.69, 9.17) is 14.2 Å². The molecule has 0 N–H and O–H groups in total. The lowest BCUT2D eigenvalue weighted by atomic mass is 9.86. The maximum Gasteiger partial charge on any atom is 0.231 e. The average molecular weight is 198 g/mol. The third kappa shape index (κ3) is 1.18. The highest BCUT2D eigenvalue weighted by molar-refractivity contribution is 5.91. The Hall–Kier alpha value is -0.870. The number of carbonyl (C=O) groups is 1. The molecule has 0 saturated carbocycles. The molecule has 0 spiro atoms. The van der Waals surface area contributed by atoms with Crippen LogP contribution in [0, 0.1) is 5.92 Å². The van der Waals surface area contributed by atoms with Crippen molar-refractivity contribution in [1.29, 1.82) is 0 Å². The van der Waals surface area contributed by atoms with Crippen molar-refractivity contribution in [2.45, 2.75) is 18.6 Å². The molecule has 0 amide bonds. The summed E-state index contributed by atoms with van der Waals surface area (Å²) in [6, 6.07) is 0. The van der Waals surface area contributed by atoms with Gasteiger partial charge in [0.25, 0.3) is 0 Å². The first-order chi connectivity index (χ1) is 6.73. The quantitative estimate of drug-likeness (QED) is 0.660. The number of hydrogen-bond donors (Lipinski definition) is 0. The Labute approximate surface area is 82.8 Å². The van der Waals surface area contributed by atoms with Crippen LogP contribution in [0.3, 0.4) is 0 Å².